The first kappa shape index (κ1) is 17.1. The van der Waals surface area contributed by atoms with Crippen LogP contribution in [-0.4, -0.2) is 47.1 Å². The molecule has 1 aromatic heterocycles. The van der Waals surface area contributed by atoms with Gasteiger partial charge in [0.2, 0.25) is 0 Å². The van der Waals surface area contributed by atoms with E-state index in [9.17, 15) is 9.59 Å². The highest BCUT2D eigenvalue weighted by Gasteiger charge is 2.33. The molecule has 134 valence electrons. The summed E-state index contributed by atoms with van der Waals surface area (Å²) in [6, 6.07) is 2.86. The van der Waals surface area contributed by atoms with Crippen LogP contribution in [0.3, 0.4) is 0 Å². The van der Waals surface area contributed by atoms with Crippen molar-refractivity contribution in [3.05, 3.63) is 18.3 Å². The van der Waals surface area contributed by atoms with Crippen molar-refractivity contribution >= 4 is 28.6 Å². The molecule has 0 saturated heterocycles. The summed E-state index contributed by atoms with van der Waals surface area (Å²) in [5.41, 5.74) is 0.788. The third-order valence-electron chi connectivity index (χ3n) is 3.90. The summed E-state index contributed by atoms with van der Waals surface area (Å²) in [5.74, 6) is 0.291. The molecular formula is C17H22N4O4. The van der Waals surface area contributed by atoms with E-state index in [1.807, 2.05) is 13.1 Å². The Labute approximate surface area is 145 Å². The zero-order valence-corrected chi connectivity index (χ0v) is 15.0. The molecule has 1 atom stereocenters. The molecule has 2 heterocycles. The van der Waals surface area contributed by atoms with E-state index >= 15 is 0 Å². The first-order chi connectivity index (χ1) is 11.7. The summed E-state index contributed by atoms with van der Waals surface area (Å²) in [6.07, 6.45) is 1.08. The van der Waals surface area contributed by atoms with Crippen LogP contribution in [0.4, 0.5) is 10.5 Å². The molecule has 2 amide bonds. The van der Waals surface area contributed by atoms with E-state index in [1.165, 1.54) is 4.90 Å². The highest BCUT2D eigenvalue weighted by Crippen LogP contribution is 2.37. The van der Waals surface area contributed by atoms with Crippen LogP contribution in [0, 0.1) is 0 Å². The number of benzene rings is 1. The molecule has 0 radical (unpaired) electrons. The number of hydrogen-bond donors (Lipinski definition) is 1. The molecule has 8 nitrogen and oxygen atoms in total. The first-order valence-electron chi connectivity index (χ1n) is 8.02. The Balaban J connectivity index is 1.90. The zero-order chi connectivity index (χ0) is 18.4. The van der Waals surface area contributed by atoms with E-state index in [2.05, 4.69) is 10.4 Å². The Morgan fingerprint density at radius 3 is 2.76 bits per heavy atom. The quantitative estimate of drug-likeness (QED) is 0.851. The lowest BCUT2D eigenvalue weighted by Crippen LogP contribution is -2.50. The van der Waals surface area contributed by atoms with Gasteiger partial charge in [0.15, 0.2) is 0 Å². The molecular weight excluding hydrogens is 324 g/mol. The zero-order valence-electron chi connectivity index (χ0n) is 15.0. The normalized spacial score (nSPS) is 17.7. The summed E-state index contributed by atoms with van der Waals surface area (Å²) in [7, 11) is 3.47. The Hall–Kier alpha value is -2.77. The van der Waals surface area contributed by atoms with E-state index in [4.69, 9.17) is 9.47 Å². The number of rotatable bonds is 1. The molecule has 1 aromatic carbocycles. The smallest absolute Gasteiger partial charge is 0.408 e. The second-order valence-electron chi connectivity index (χ2n) is 7.03. The van der Waals surface area contributed by atoms with Crippen LogP contribution >= 0.6 is 0 Å². The molecule has 2 aromatic rings. The van der Waals surface area contributed by atoms with Crippen molar-refractivity contribution in [2.24, 2.45) is 7.05 Å². The minimum atomic E-state index is -0.837. The van der Waals surface area contributed by atoms with Crippen LogP contribution in [0.1, 0.15) is 20.8 Å². The lowest BCUT2D eigenvalue weighted by atomic mass is 10.2. The number of fused-ring (bicyclic) bond motifs is 3. The number of aryl methyl sites for hydroxylation is 1. The predicted molar refractivity (Wildman–Crippen MR) is 92.8 cm³/mol. The van der Waals surface area contributed by atoms with E-state index in [0.29, 0.717) is 11.4 Å². The fourth-order valence-electron chi connectivity index (χ4n) is 2.81. The molecule has 0 spiro atoms. The highest BCUT2D eigenvalue weighted by atomic mass is 16.6. The Morgan fingerprint density at radius 1 is 1.36 bits per heavy atom. The second kappa shape index (κ2) is 5.94. The summed E-state index contributed by atoms with van der Waals surface area (Å²) in [5, 5.41) is 7.73. The largest absolute Gasteiger partial charge is 0.489 e. The Bertz CT molecular complexity index is 837. The summed E-state index contributed by atoms with van der Waals surface area (Å²) in [6.45, 7) is 5.32. The van der Waals surface area contributed by atoms with Gasteiger partial charge in [-0.25, -0.2) is 4.79 Å². The number of hydrogen-bond acceptors (Lipinski definition) is 5. The molecule has 0 unspecified atom stereocenters. The molecule has 0 bridgehead atoms. The van der Waals surface area contributed by atoms with E-state index in [1.54, 1.807) is 44.8 Å². The maximum absolute atomic E-state index is 12.8. The van der Waals surface area contributed by atoms with Crippen molar-refractivity contribution < 1.29 is 19.1 Å². The lowest BCUT2D eigenvalue weighted by Gasteiger charge is -2.24. The SMILES string of the molecule is CN1C(=O)[C@@H](NC(=O)OC(C)(C)C)COc2ccc3cnn(C)c3c21. The van der Waals surface area contributed by atoms with Gasteiger partial charge in [-0.1, -0.05) is 0 Å². The number of alkyl carbamates (subject to hydrolysis) is 1. The Morgan fingerprint density at radius 2 is 2.08 bits per heavy atom. The number of ether oxygens (including phenoxy) is 2. The summed E-state index contributed by atoms with van der Waals surface area (Å²) in [4.78, 5) is 26.3. The van der Waals surface area contributed by atoms with E-state index in [0.717, 1.165) is 10.9 Å². The molecule has 0 saturated carbocycles. The first-order valence-corrected chi connectivity index (χ1v) is 8.02. The second-order valence-corrected chi connectivity index (χ2v) is 7.03. The maximum atomic E-state index is 12.8. The van der Waals surface area contributed by atoms with Crippen molar-refractivity contribution in [3.8, 4) is 5.75 Å². The van der Waals surface area contributed by atoms with Crippen LogP contribution < -0.4 is 15.0 Å². The lowest BCUT2D eigenvalue weighted by molar-refractivity contribution is -0.120. The van der Waals surface area contributed by atoms with Crippen LogP contribution in [0.5, 0.6) is 5.75 Å². The number of amides is 2. The van der Waals surface area contributed by atoms with Gasteiger partial charge < -0.3 is 19.7 Å². The molecule has 1 aliphatic rings. The van der Waals surface area contributed by atoms with Gasteiger partial charge in [-0.3, -0.25) is 9.48 Å². The Kier molecular flexibility index (Phi) is 4.06. The van der Waals surface area contributed by atoms with E-state index < -0.39 is 17.7 Å². The number of carbonyl (C=O) groups excluding carboxylic acids is 2. The third kappa shape index (κ3) is 3.24. The molecule has 3 rings (SSSR count). The van der Waals surface area contributed by atoms with Crippen molar-refractivity contribution in [1.29, 1.82) is 0 Å². The predicted octanol–water partition coefficient (Wildman–Crippen LogP) is 1.82. The summed E-state index contributed by atoms with van der Waals surface area (Å²) >= 11 is 0. The van der Waals surface area contributed by atoms with E-state index in [-0.39, 0.29) is 12.5 Å². The van der Waals surface area contributed by atoms with Gasteiger partial charge in [0, 0.05) is 19.5 Å². The van der Waals surface area contributed by atoms with Crippen LogP contribution in [0.2, 0.25) is 0 Å². The van der Waals surface area contributed by atoms with Crippen molar-refractivity contribution in [3.63, 3.8) is 0 Å². The van der Waals surface area contributed by atoms with Crippen LogP contribution in [-0.2, 0) is 16.6 Å². The number of anilines is 1. The van der Waals surface area contributed by atoms with Crippen molar-refractivity contribution in [2.45, 2.75) is 32.4 Å². The maximum Gasteiger partial charge on any atom is 0.408 e. The number of carbonyl (C=O) groups is 2. The van der Waals surface area contributed by atoms with Crippen molar-refractivity contribution in [2.75, 3.05) is 18.6 Å². The van der Waals surface area contributed by atoms with Gasteiger partial charge in [-0.05, 0) is 32.9 Å². The molecule has 0 aliphatic carbocycles. The molecule has 0 fully saturated rings. The standard InChI is InChI=1S/C17H22N4O4/c1-17(2,3)25-16(23)19-11-9-24-12-7-6-10-8-18-21(5)13(10)14(12)20(4)15(11)22/h6-8,11H,9H2,1-5H3,(H,19,23)/t11-/m0/s1. The molecule has 1 aliphatic heterocycles. The highest BCUT2D eigenvalue weighted by molar-refractivity contribution is 6.07. The number of aromatic nitrogens is 2. The average Bonchev–Trinajstić information content (AvgIpc) is 2.84. The molecule has 25 heavy (non-hydrogen) atoms. The topological polar surface area (TPSA) is 85.7 Å². The van der Waals surface area contributed by atoms with Gasteiger partial charge in [-0.2, -0.15) is 5.10 Å². The summed E-state index contributed by atoms with van der Waals surface area (Å²) < 4.78 is 12.7. The molecule has 1 N–H and O–H groups in total. The molecule has 8 heteroatoms. The third-order valence-corrected chi connectivity index (χ3v) is 3.90. The van der Waals surface area contributed by atoms with Crippen LogP contribution in [0.15, 0.2) is 18.3 Å². The number of likely N-dealkylation sites (N-methyl/N-ethyl adjacent to an activating group) is 1. The van der Waals surface area contributed by atoms with Gasteiger partial charge in [0.05, 0.1) is 11.7 Å². The van der Waals surface area contributed by atoms with Gasteiger partial charge >= 0.3 is 6.09 Å². The minimum absolute atomic E-state index is 0.0266. The monoisotopic (exact) mass is 346 g/mol. The van der Waals surface area contributed by atoms with Crippen molar-refractivity contribution in [1.82, 2.24) is 15.1 Å². The van der Waals surface area contributed by atoms with Gasteiger partial charge in [-0.15, -0.1) is 0 Å². The fraction of sp³-hybridized carbons (Fsp3) is 0.471. The average molecular weight is 346 g/mol. The number of nitrogens with one attached hydrogen (secondary N) is 1. The van der Waals surface area contributed by atoms with Crippen LogP contribution in [0.25, 0.3) is 10.9 Å². The van der Waals surface area contributed by atoms with Gasteiger partial charge in [0.25, 0.3) is 5.91 Å². The van der Waals surface area contributed by atoms with Gasteiger partial charge in [0.1, 0.15) is 29.7 Å². The minimum Gasteiger partial charge on any atom is -0.489 e. The number of nitrogens with zero attached hydrogens (tertiary/aromatic N) is 3. The fourth-order valence-corrected chi connectivity index (χ4v) is 2.81.